The number of amides is 1. The number of carbonyl (C=O) groups is 1. The second-order valence-electron chi connectivity index (χ2n) is 4.19. The van der Waals surface area contributed by atoms with Crippen LogP contribution in [0.5, 0.6) is 5.75 Å². The molecule has 0 aliphatic heterocycles. The van der Waals surface area contributed by atoms with E-state index in [-0.39, 0.29) is 12.3 Å². The Bertz CT molecular complexity index is 660. The Morgan fingerprint density at radius 2 is 1.90 bits per heavy atom. The van der Waals surface area contributed by atoms with Crippen molar-refractivity contribution in [3.05, 3.63) is 59.7 Å². The number of nitriles is 1. The van der Waals surface area contributed by atoms with E-state index in [1.54, 1.807) is 31.4 Å². The summed E-state index contributed by atoms with van der Waals surface area (Å²) in [7, 11) is 1.57. The lowest BCUT2D eigenvalue weighted by atomic mass is 10.1. The van der Waals surface area contributed by atoms with Gasteiger partial charge >= 0.3 is 0 Å². The van der Waals surface area contributed by atoms with Gasteiger partial charge < -0.3 is 10.1 Å². The van der Waals surface area contributed by atoms with E-state index in [0.717, 1.165) is 5.56 Å². The molecule has 2 aromatic carbocycles. The van der Waals surface area contributed by atoms with E-state index in [0.29, 0.717) is 17.0 Å². The van der Waals surface area contributed by atoms with Crippen LogP contribution < -0.4 is 10.1 Å². The molecule has 2 rings (SSSR count). The fraction of sp³-hybridized carbons (Fsp3) is 0.125. The maximum absolute atomic E-state index is 12.0. The van der Waals surface area contributed by atoms with Gasteiger partial charge in [0.15, 0.2) is 0 Å². The number of carbonyl (C=O) groups excluding carboxylic acids is 1. The molecule has 0 radical (unpaired) electrons. The van der Waals surface area contributed by atoms with Gasteiger partial charge in [0.05, 0.1) is 24.8 Å². The summed E-state index contributed by atoms with van der Waals surface area (Å²) in [5, 5.41) is 11.7. The summed E-state index contributed by atoms with van der Waals surface area (Å²) < 4.78 is 5.21. The average molecular weight is 266 g/mol. The first kappa shape index (κ1) is 13.6. The maximum atomic E-state index is 12.0. The second kappa shape index (κ2) is 6.39. The Labute approximate surface area is 117 Å². The summed E-state index contributed by atoms with van der Waals surface area (Å²) in [5.74, 6) is 0.494. The average Bonchev–Trinajstić information content (AvgIpc) is 2.48. The van der Waals surface area contributed by atoms with Crippen molar-refractivity contribution in [3.63, 3.8) is 0 Å². The molecule has 1 amide bonds. The van der Waals surface area contributed by atoms with Gasteiger partial charge in [-0.05, 0) is 18.2 Å². The summed E-state index contributed by atoms with van der Waals surface area (Å²) in [4.78, 5) is 12.0. The summed E-state index contributed by atoms with van der Waals surface area (Å²) >= 11 is 0. The van der Waals surface area contributed by atoms with Gasteiger partial charge in [-0.2, -0.15) is 5.26 Å². The Morgan fingerprint density at radius 3 is 2.65 bits per heavy atom. The molecule has 0 aliphatic rings. The molecular weight excluding hydrogens is 252 g/mol. The number of nitrogens with zero attached hydrogens (tertiary/aromatic N) is 1. The fourth-order valence-corrected chi connectivity index (χ4v) is 1.91. The lowest BCUT2D eigenvalue weighted by Gasteiger charge is -2.09. The molecule has 1 N–H and O–H groups in total. The molecule has 0 saturated carbocycles. The van der Waals surface area contributed by atoms with Gasteiger partial charge in [0.2, 0.25) is 5.91 Å². The maximum Gasteiger partial charge on any atom is 0.228 e. The zero-order valence-corrected chi connectivity index (χ0v) is 11.1. The van der Waals surface area contributed by atoms with E-state index in [4.69, 9.17) is 10.00 Å². The van der Waals surface area contributed by atoms with Gasteiger partial charge in [-0.25, -0.2) is 0 Å². The SMILES string of the molecule is COc1ccccc1CC(=O)Nc1ccccc1C#N. The summed E-state index contributed by atoms with van der Waals surface area (Å²) in [5.41, 5.74) is 1.78. The van der Waals surface area contributed by atoms with Crippen molar-refractivity contribution in [2.45, 2.75) is 6.42 Å². The highest BCUT2D eigenvalue weighted by molar-refractivity contribution is 5.93. The topological polar surface area (TPSA) is 62.1 Å². The van der Waals surface area contributed by atoms with Gasteiger partial charge in [0.25, 0.3) is 0 Å². The highest BCUT2D eigenvalue weighted by atomic mass is 16.5. The lowest BCUT2D eigenvalue weighted by Crippen LogP contribution is -2.15. The van der Waals surface area contributed by atoms with Gasteiger partial charge in [0.1, 0.15) is 11.8 Å². The van der Waals surface area contributed by atoms with Crippen molar-refractivity contribution in [1.29, 1.82) is 5.26 Å². The third kappa shape index (κ3) is 3.15. The van der Waals surface area contributed by atoms with Crippen LogP contribution in [0, 0.1) is 11.3 Å². The quantitative estimate of drug-likeness (QED) is 0.925. The van der Waals surface area contributed by atoms with Crippen LogP contribution in [-0.2, 0) is 11.2 Å². The fourth-order valence-electron chi connectivity index (χ4n) is 1.91. The first-order chi connectivity index (χ1) is 9.74. The van der Waals surface area contributed by atoms with Gasteiger partial charge in [0, 0.05) is 5.56 Å². The summed E-state index contributed by atoms with van der Waals surface area (Å²) in [6.07, 6.45) is 0.198. The molecule has 0 spiro atoms. The number of rotatable bonds is 4. The minimum absolute atomic E-state index is 0.183. The predicted octanol–water partition coefficient (Wildman–Crippen LogP) is 2.75. The van der Waals surface area contributed by atoms with Crippen LogP contribution in [-0.4, -0.2) is 13.0 Å². The second-order valence-corrected chi connectivity index (χ2v) is 4.19. The minimum Gasteiger partial charge on any atom is -0.496 e. The van der Waals surface area contributed by atoms with E-state index in [9.17, 15) is 4.79 Å². The van der Waals surface area contributed by atoms with Crippen molar-refractivity contribution in [2.75, 3.05) is 12.4 Å². The summed E-state index contributed by atoms with van der Waals surface area (Å²) in [6.45, 7) is 0. The zero-order valence-electron chi connectivity index (χ0n) is 11.1. The molecule has 20 heavy (non-hydrogen) atoms. The largest absolute Gasteiger partial charge is 0.496 e. The molecule has 4 heteroatoms. The van der Waals surface area contributed by atoms with Crippen LogP contribution in [0.3, 0.4) is 0 Å². The molecule has 0 aromatic heterocycles. The molecule has 2 aromatic rings. The number of methoxy groups -OCH3 is 1. The standard InChI is InChI=1S/C16H14N2O2/c1-20-15-9-5-3-6-12(15)10-16(19)18-14-8-4-2-7-13(14)11-17/h2-9H,10H2,1H3,(H,18,19). The zero-order chi connectivity index (χ0) is 14.4. The van der Waals surface area contributed by atoms with E-state index in [1.165, 1.54) is 0 Å². The number of para-hydroxylation sites is 2. The summed E-state index contributed by atoms with van der Waals surface area (Å²) in [6, 6.07) is 16.3. The molecule has 4 nitrogen and oxygen atoms in total. The number of hydrogen-bond donors (Lipinski definition) is 1. The van der Waals surface area contributed by atoms with E-state index >= 15 is 0 Å². The van der Waals surface area contributed by atoms with Crippen LogP contribution in [0.15, 0.2) is 48.5 Å². The highest BCUT2D eigenvalue weighted by Crippen LogP contribution is 2.19. The monoisotopic (exact) mass is 266 g/mol. The molecule has 0 atom stereocenters. The van der Waals surface area contributed by atoms with Crippen molar-refractivity contribution < 1.29 is 9.53 Å². The smallest absolute Gasteiger partial charge is 0.228 e. The van der Waals surface area contributed by atoms with Crippen LogP contribution in [0.25, 0.3) is 0 Å². The normalized spacial score (nSPS) is 9.60. The van der Waals surface area contributed by atoms with Gasteiger partial charge in [-0.3, -0.25) is 4.79 Å². The number of benzene rings is 2. The van der Waals surface area contributed by atoms with Gasteiger partial charge in [-0.1, -0.05) is 30.3 Å². The van der Waals surface area contributed by atoms with Gasteiger partial charge in [-0.15, -0.1) is 0 Å². The number of ether oxygens (including phenoxy) is 1. The van der Waals surface area contributed by atoms with E-state index in [1.807, 2.05) is 30.3 Å². The van der Waals surface area contributed by atoms with Crippen LogP contribution >= 0.6 is 0 Å². The molecular formula is C16H14N2O2. The van der Waals surface area contributed by atoms with Crippen molar-refractivity contribution >= 4 is 11.6 Å². The Morgan fingerprint density at radius 1 is 1.20 bits per heavy atom. The number of hydrogen-bond acceptors (Lipinski definition) is 3. The molecule has 0 fully saturated rings. The number of anilines is 1. The van der Waals surface area contributed by atoms with Crippen molar-refractivity contribution in [1.82, 2.24) is 0 Å². The predicted molar refractivity (Wildman–Crippen MR) is 76.5 cm³/mol. The first-order valence-electron chi connectivity index (χ1n) is 6.15. The number of nitrogens with one attached hydrogen (secondary N) is 1. The molecule has 0 aliphatic carbocycles. The van der Waals surface area contributed by atoms with E-state index < -0.39 is 0 Å². The molecule has 100 valence electrons. The Hall–Kier alpha value is -2.80. The van der Waals surface area contributed by atoms with Crippen molar-refractivity contribution in [3.8, 4) is 11.8 Å². The first-order valence-corrected chi connectivity index (χ1v) is 6.15. The molecule has 0 saturated heterocycles. The molecule has 0 heterocycles. The van der Waals surface area contributed by atoms with Crippen molar-refractivity contribution in [2.24, 2.45) is 0 Å². The highest BCUT2D eigenvalue weighted by Gasteiger charge is 2.10. The molecule has 0 bridgehead atoms. The van der Waals surface area contributed by atoms with Crippen LogP contribution in [0.2, 0.25) is 0 Å². The lowest BCUT2D eigenvalue weighted by molar-refractivity contribution is -0.115. The Kier molecular flexibility index (Phi) is 4.35. The van der Waals surface area contributed by atoms with Crippen LogP contribution in [0.1, 0.15) is 11.1 Å². The van der Waals surface area contributed by atoms with E-state index in [2.05, 4.69) is 5.32 Å². The molecule has 0 unspecified atom stereocenters. The third-order valence-electron chi connectivity index (χ3n) is 2.87. The Balaban J connectivity index is 2.12. The minimum atomic E-state index is -0.183. The van der Waals surface area contributed by atoms with Crippen LogP contribution in [0.4, 0.5) is 5.69 Å². The third-order valence-corrected chi connectivity index (χ3v) is 2.87.